The molecule has 0 aliphatic carbocycles. The van der Waals surface area contributed by atoms with Crippen molar-refractivity contribution in [2.24, 2.45) is 21.5 Å². The first kappa shape index (κ1) is 42.0. The number of nitrogens with zero attached hydrogens (tertiary/aromatic N) is 2. The van der Waals surface area contributed by atoms with Crippen LogP contribution in [0.25, 0.3) is 0 Å². The molecule has 3 rings (SSSR count). The second kappa shape index (κ2) is 21.2. The van der Waals surface area contributed by atoms with Crippen LogP contribution in [0, 0.1) is 13.8 Å². The monoisotopic (exact) mass is 756 g/mol. The van der Waals surface area contributed by atoms with Crippen LogP contribution in [0.1, 0.15) is 63.9 Å². The molecule has 0 heterocycles. The molecule has 0 saturated carbocycles. The number of aliphatic imine (C=N–C) groups is 2. The molecule has 0 saturated heterocycles. The van der Waals surface area contributed by atoms with Crippen molar-refractivity contribution in [2.75, 3.05) is 25.0 Å². The summed E-state index contributed by atoms with van der Waals surface area (Å²) in [7, 11) is 0. The normalized spacial score (nSPS) is 10.9. The van der Waals surface area contributed by atoms with Gasteiger partial charge in [-0.1, -0.05) is 12.1 Å². The Balaban J connectivity index is 1.39. The Labute approximate surface area is 318 Å². The Morgan fingerprint density at radius 3 is 2.28 bits per heavy atom. The summed E-state index contributed by atoms with van der Waals surface area (Å²) < 4.78 is 5.86. The topological polar surface area (TPSA) is 240 Å². The number of unbranched alkanes of at least 4 members (excludes halogenated alkanes) is 1. The molecule has 0 bridgehead atoms. The van der Waals surface area contributed by atoms with Gasteiger partial charge in [0.15, 0.2) is 22.6 Å². The maximum absolute atomic E-state index is 13.2. The van der Waals surface area contributed by atoms with Gasteiger partial charge < -0.3 is 42.6 Å². The number of carboxylic acids is 1. The number of nitrogens with one attached hydrogen (secondary N) is 4. The second-order valence-electron chi connectivity index (χ2n) is 12.1. The van der Waals surface area contributed by atoms with Crippen molar-refractivity contribution in [3.8, 4) is 5.75 Å². The first-order valence-corrected chi connectivity index (χ1v) is 17.3. The molecule has 0 fully saturated rings. The summed E-state index contributed by atoms with van der Waals surface area (Å²) in [5, 5.41) is 20.9. The summed E-state index contributed by atoms with van der Waals surface area (Å²) in [5.41, 5.74) is 14.3. The molecule has 15 nitrogen and oxygen atoms in total. The van der Waals surface area contributed by atoms with Crippen LogP contribution in [0.4, 0.5) is 17.1 Å². The smallest absolute Gasteiger partial charge is 0.328 e. The molecule has 0 radical (unpaired) electrons. The molecule has 0 aromatic heterocycles. The number of Topliss-reactive ketones (excluding diaryl/α,β-unsaturated/α-hetero) is 2. The Bertz CT molecular complexity index is 1910. The predicted octanol–water partition coefficient (Wildman–Crippen LogP) is 3.76. The van der Waals surface area contributed by atoms with Crippen molar-refractivity contribution in [1.29, 1.82) is 0 Å². The highest BCUT2D eigenvalue weighted by Crippen LogP contribution is 2.23. The van der Waals surface area contributed by atoms with Gasteiger partial charge in [0.25, 0.3) is 5.91 Å². The van der Waals surface area contributed by atoms with Crippen LogP contribution in [-0.4, -0.2) is 77.1 Å². The molecule has 0 aliphatic heterocycles. The van der Waals surface area contributed by atoms with Crippen LogP contribution in [0.2, 0.25) is 0 Å². The van der Waals surface area contributed by atoms with Gasteiger partial charge in [0.2, 0.25) is 5.91 Å². The molecule has 9 N–H and O–H groups in total. The zero-order chi connectivity index (χ0) is 39.6. The van der Waals surface area contributed by atoms with E-state index in [-0.39, 0.29) is 42.5 Å². The fourth-order valence-corrected chi connectivity index (χ4v) is 5.33. The van der Waals surface area contributed by atoms with E-state index in [1.165, 1.54) is 6.07 Å². The van der Waals surface area contributed by atoms with Gasteiger partial charge in [-0.3, -0.25) is 19.2 Å². The number of aliphatic carboxylic acids is 1. The van der Waals surface area contributed by atoms with Crippen molar-refractivity contribution in [3.05, 3.63) is 89.5 Å². The Morgan fingerprint density at radius 2 is 1.63 bits per heavy atom. The minimum absolute atomic E-state index is 0.00535. The number of ether oxygens (including phenoxy) is 1. The number of guanidine groups is 1. The standard InChI is InChI=1S/C38H44N8O7S/c1-4-41-26-11-13-27(14-12-26)45-38(54)43-21-29(47)10-5-6-17-53-30-18-23(2)34(24(3)19-30)35(50)46-31(36(51)52)22-42-33(49)16-15-32(48)25-8-7-9-28(20-25)44-37(39)40/h7-9,11-14,18-20,31H,1,5-6,10,15-17,21-22H2,2-3H3,(H,42,49)(H,46,50)(H,51,52)(H4,39,40,44)(H2,43,45,54). The van der Waals surface area contributed by atoms with E-state index in [1.807, 2.05) is 0 Å². The molecule has 1 unspecified atom stereocenters. The van der Waals surface area contributed by atoms with Crippen LogP contribution in [-0.2, 0) is 14.4 Å². The van der Waals surface area contributed by atoms with Gasteiger partial charge in [-0.2, -0.15) is 0 Å². The number of aryl methyl sites for hydroxylation is 2. The van der Waals surface area contributed by atoms with E-state index in [1.54, 1.807) is 68.4 Å². The molecular weight excluding hydrogens is 713 g/mol. The number of thiocarbonyl (C=S) groups is 1. The van der Waals surface area contributed by atoms with E-state index in [9.17, 15) is 29.1 Å². The maximum Gasteiger partial charge on any atom is 0.328 e. The van der Waals surface area contributed by atoms with Gasteiger partial charge in [0.05, 0.1) is 24.5 Å². The number of nitrogens with two attached hydrogens (primary N) is 2. The first-order chi connectivity index (χ1) is 25.7. The molecule has 1 atom stereocenters. The number of carbonyl (C=O) groups is 5. The third kappa shape index (κ3) is 14.3. The quantitative estimate of drug-likeness (QED) is 0.0287. The molecule has 3 aromatic rings. The fourth-order valence-electron chi connectivity index (χ4n) is 5.14. The number of carboxylic acid groups (broad SMARTS) is 1. The van der Waals surface area contributed by atoms with E-state index >= 15 is 0 Å². The zero-order valence-corrected chi connectivity index (χ0v) is 30.9. The predicted molar refractivity (Wildman–Crippen MR) is 211 cm³/mol. The van der Waals surface area contributed by atoms with E-state index < -0.39 is 30.4 Å². The van der Waals surface area contributed by atoms with E-state index in [4.69, 9.17) is 28.4 Å². The Hall–Kier alpha value is -6.38. The molecule has 2 amide bonds. The van der Waals surface area contributed by atoms with Gasteiger partial charge in [-0.05, 0) is 111 Å². The van der Waals surface area contributed by atoms with Gasteiger partial charge in [-0.15, -0.1) is 0 Å². The van der Waals surface area contributed by atoms with Gasteiger partial charge in [0, 0.05) is 42.6 Å². The molecule has 16 heteroatoms. The number of rotatable bonds is 20. The summed E-state index contributed by atoms with van der Waals surface area (Å²) in [6.07, 6.45) is 1.21. The molecular formula is C38H44N8O7S. The number of hydrogen-bond donors (Lipinski definition) is 7. The summed E-state index contributed by atoms with van der Waals surface area (Å²) in [6, 6.07) is 15.4. The lowest BCUT2D eigenvalue weighted by Gasteiger charge is -2.18. The average Bonchev–Trinajstić information content (AvgIpc) is 3.11. The van der Waals surface area contributed by atoms with Crippen LogP contribution in [0.3, 0.4) is 0 Å². The summed E-state index contributed by atoms with van der Waals surface area (Å²) >= 11 is 5.26. The number of carbonyl (C=O) groups excluding carboxylic acids is 4. The largest absolute Gasteiger partial charge is 0.494 e. The lowest BCUT2D eigenvalue weighted by molar-refractivity contribution is -0.139. The van der Waals surface area contributed by atoms with Crippen LogP contribution in [0.15, 0.2) is 77.2 Å². The third-order valence-corrected chi connectivity index (χ3v) is 7.99. The van der Waals surface area contributed by atoms with Crippen molar-refractivity contribution < 1.29 is 33.8 Å². The van der Waals surface area contributed by atoms with E-state index in [0.29, 0.717) is 64.8 Å². The highest BCUT2D eigenvalue weighted by Gasteiger charge is 2.24. The third-order valence-electron chi connectivity index (χ3n) is 7.74. The van der Waals surface area contributed by atoms with Crippen molar-refractivity contribution in [1.82, 2.24) is 16.0 Å². The van der Waals surface area contributed by atoms with Crippen molar-refractivity contribution >= 4 is 75.6 Å². The fraction of sp³-hybridized carbons (Fsp3) is 0.289. The SMILES string of the molecule is C=C=Nc1ccc(NC(=S)NCC(=O)CCCCOc2cc(C)c(C(=O)NC(CNC(=O)CCC(=O)c3cccc(N=C(N)N)c3)C(=O)O)c(C)c2)cc1. The van der Waals surface area contributed by atoms with Crippen LogP contribution >= 0.6 is 12.2 Å². The maximum atomic E-state index is 13.2. The lowest BCUT2D eigenvalue weighted by atomic mass is 10.0. The zero-order valence-electron chi connectivity index (χ0n) is 30.1. The number of hydrogen-bond acceptors (Lipinski definition) is 9. The van der Waals surface area contributed by atoms with E-state index in [2.05, 4.69) is 43.7 Å². The van der Waals surface area contributed by atoms with Crippen LogP contribution < -0.4 is 37.5 Å². The Kier molecular flexibility index (Phi) is 16.5. The average molecular weight is 757 g/mol. The van der Waals surface area contributed by atoms with Gasteiger partial charge in [-0.25, -0.2) is 14.8 Å². The summed E-state index contributed by atoms with van der Waals surface area (Å²) in [4.78, 5) is 70.3. The molecule has 0 aliphatic rings. The van der Waals surface area contributed by atoms with Gasteiger partial charge >= 0.3 is 5.97 Å². The summed E-state index contributed by atoms with van der Waals surface area (Å²) in [6.45, 7) is 6.88. The molecule has 0 spiro atoms. The highest BCUT2D eigenvalue weighted by molar-refractivity contribution is 7.80. The second-order valence-corrected chi connectivity index (χ2v) is 12.5. The number of anilines is 1. The van der Waals surface area contributed by atoms with E-state index in [0.717, 1.165) is 5.69 Å². The number of ketones is 2. The summed E-state index contributed by atoms with van der Waals surface area (Å²) in [5.74, 6) is -0.0437. The van der Waals surface area contributed by atoms with Crippen LogP contribution in [0.5, 0.6) is 5.75 Å². The van der Waals surface area contributed by atoms with Crippen molar-refractivity contribution in [2.45, 2.75) is 52.0 Å². The molecule has 284 valence electrons. The first-order valence-electron chi connectivity index (χ1n) is 16.9. The van der Waals surface area contributed by atoms with Gasteiger partial charge in [0.1, 0.15) is 11.8 Å². The molecule has 54 heavy (non-hydrogen) atoms. The minimum Gasteiger partial charge on any atom is -0.494 e. The number of benzene rings is 3. The highest BCUT2D eigenvalue weighted by atomic mass is 32.1. The van der Waals surface area contributed by atoms with Crippen molar-refractivity contribution in [3.63, 3.8) is 0 Å². The minimum atomic E-state index is -1.43. The number of amides is 2. The molecule has 3 aromatic carbocycles. The lowest BCUT2D eigenvalue weighted by Crippen LogP contribution is -2.48. The Morgan fingerprint density at radius 1 is 0.926 bits per heavy atom.